The Hall–Kier alpha value is -1.20. The van der Waals surface area contributed by atoms with Gasteiger partial charge in [-0.25, -0.2) is 13.8 Å². The van der Waals surface area contributed by atoms with Gasteiger partial charge in [0.1, 0.15) is 11.5 Å². The van der Waals surface area contributed by atoms with Gasteiger partial charge in [0.05, 0.1) is 6.54 Å². The summed E-state index contributed by atoms with van der Waals surface area (Å²) in [7, 11) is 0. The number of thiazole rings is 1. The predicted molar refractivity (Wildman–Crippen MR) is 65.5 cm³/mol. The molecule has 17 heavy (non-hydrogen) atoms. The van der Waals surface area contributed by atoms with Gasteiger partial charge in [-0.3, -0.25) is 0 Å². The summed E-state index contributed by atoms with van der Waals surface area (Å²) in [6.45, 7) is 1.88. The highest BCUT2D eigenvalue weighted by molar-refractivity contribution is 7.15. The highest BCUT2D eigenvalue weighted by Crippen LogP contribution is 2.24. The minimum absolute atomic E-state index is 0.116. The molecule has 0 atom stereocenters. The van der Waals surface area contributed by atoms with Crippen molar-refractivity contribution >= 4 is 28.6 Å². The monoisotopic (exact) mass is 274 g/mol. The van der Waals surface area contributed by atoms with Gasteiger partial charge in [0.2, 0.25) is 0 Å². The Morgan fingerprint density at radius 3 is 2.82 bits per heavy atom. The molecule has 0 unspecified atom stereocenters. The number of halogens is 3. The molecule has 2 nitrogen and oxygen atoms in total. The summed E-state index contributed by atoms with van der Waals surface area (Å²) >= 11 is 6.93. The van der Waals surface area contributed by atoms with E-state index in [0.29, 0.717) is 16.6 Å². The molecule has 90 valence electrons. The van der Waals surface area contributed by atoms with Crippen molar-refractivity contribution in [1.29, 1.82) is 0 Å². The summed E-state index contributed by atoms with van der Waals surface area (Å²) in [6, 6.07) is 2.64. The Morgan fingerprint density at radius 2 is 2.18 bits per heavy atom. The van der Waals surface area contributed by atoms with Crippen LogP contribution in [0.25, 0.3) is 0 Å². The second-order valence-electron chi connectivity index (χ2n) is 3.49. The van der Waals surface area contributed by atoms with E-state index in [1.165, 1.54) is 23.5 Å². The van der Waals surface area contributed by atoms with Crippen molar-refractivity contribution < 1.29 is 8.78 Å². The molecule has 6 heteroatoms. The normalized spacial score (nSPS) is 10.6. The van der Waals surface area contributed by atoms with Crippen LogP contribution in [-0.4, -0.2) is 4.98 Å². The van der Waals surface area contributed by atoms with Crippen molar-refractivity contribution in [2.45, 2.75) is 13.5 Å². The molecule has 0 aliphatic rings. The predicted octanol–water partition coefficient (Wildman–Crippen LogP) is 4.00. The van der Waals surface area contributed by atoms with E-state index in [1.54, 1.807) is 13.1 Å². The molecule has 0 saturated carbocycles. The third-order valence-corrected chi connectivity index (χ3v) is 3.36. The van der Waals surface area contributed by atoms with Gasteiger partial charge in [0.15, 0.2) is 10.3 Å². The first-order valence-electron chi connectivity index (χ1n) is 4.86. The summed E-state index contributed by atoms with van der Waals surface area (Å²) in [4.78, 5) is 4.66. The summed E-state index contributed by atoms with van der Waals surface area (Å²) in [5, 5.41) is 2.71. The van der Waals surface area contributed by atoms with Gasteiger partial charge in [0.25, 0.3) is 0 Å². The number of benzene rings is 1. The lowest BCUT2D eigenvalue weighted by molar-refractivity contribution is 0.582. The van der Waals surface area contributed by atoms with Crippen LogP contribution >= 0.6 is 22.9 Å². The van der Waals surface area contributed by atoms with E-state index in [4.69, 9.17) is 11.6 Å². The molecule has 0 saturated heterocycles. The summed E-state index contributed by atoms with van der Waals surface area (Å²) < 4.78 is 27.4. The van der Waals surface area contributed by atoms with Crippen LogP contribution in [0.1, 0.15) is 10.4 Å². The van der Waals surface area contributed by atoms with Gasteiger partial charge in [-0.05, 0) is 18.6 Å². The number of aryl methyl sites for hydroxylation is 1. The van der Waals surface area contributed by atoms with Crippen LogP contribution in [0.15, 0.2) is 18.3 Å². The van der Waals surface area contributed by atoms with Gasteiger partial charge < -0.3 is 5.32 Å². The fraction of sp³-hybridized carbons (Fsp3) is 0.182. The maximum Gasteiger partial charge on any atom is 0.183 e. The van der Waals surface area contributed by atoms with Gasteiger partial charge in [-0.2, -0.15) is 0 Å². The molecule has 1 N–H and O–H groups in total. The van der Waals surface area contributed by atoms with Crippen molar-refractivity contribution in [2.24, 2.45) is 0 Å². The second kappa shape index (κ2) is 4.98. The van der Waals surface area contributed by atoms with Crippen LogP contribution in [0.3, 0.4) is 0 Å². The minimum atomic E-state index is -0.608. The van der Waals surface area contributed by atoms with Crippen molar-refractivity contribution in [3.8, 4) is 0 Å². The van der Waals surface area contributed by atoms with Crippen LogP contribution in [-0.2, 0) is 6.54 Å². The average Bonchev–Trinajstić information content (AvgIpc) is 2.70. The van der Waals surface area contributed by atoms with Crippen molar-refractivity contribution in [1.82, 2.24) is 4.98 Å². The lowest BCUT2D eigenvalue weighted by atomic mass is 10.2. The molecule has 0 aliphatic carbocycles. The topological polar surface area (TPSA) is 24.9 Å². The molecule has 0 amide bonds. The molecule has 0 aliphatic heterocycles. The summed E-state index contributed by atoms with van der Waals surface area (Å²) in [5.41, 5.74) is 0.283. The number of aromatic nitrogens is 1. The van der Waals surface area contributed by atoms with Gasteiger partial charge >= 0.3 is 0 Å². The van der Waals surface area contributed by atoms with Crippen LogP contribution in [0, 0.1) is 18.6 Å². The maximum atomic E-state index is 13.6. The zero-order valence-corrected chi connectivity index (χ0v) is 10.5. The summed E-state index contributed by atoms with van der Waals surface area (Å²) in [6.07, 6.45) is 1.58. The number of rotatable bonds is 3. The lowest BCUT2D eigenvalue weighted by Crippen LogP contribution is -2.03. The Labute approximate surface area is 106 Å². The van der Waals surface area contributed by atoms with Crippen molar-refractivity contribution in [3.05, 3.63) is 44.9 Å². The van der Waals surface area contributed by atoms with E-state index in [1.807, 2.05) is 0 Å². The largest absolute Gasteiger partial charge is 0.375 e. The maximum absolute atomic E-state index is 13.6. The highest BCUT2D eigenvalue weighted by Gasteiger charge is 2.11. The lowest BCUT2D eigenvalue weighted by Gasteiger charge is -2.08. The number of anilines is 1. The number of nitrogens with one attached hydrogen (secondary N) is 1. The molecule has 1 aromatic heterocycles. The van der Waals surface area contributed by atoms with E-state index in [2.05, 4.69) is 10.3 Å². The number of hydrogen-bond acceptors (Lipinski definition) is 3. The van der Waals surface area contributed by atoms with E-state index < -0.39 is 11.6 Å². The first-order chi connectivity index (χ1) is 8.08. The molecule has 2 rings (SSSR count). The molecule has 0 spiro atoms. The van der Waals surface area contributed by atoms with Crippen LogP contribution < -0.4 is 5.32 Å². The first kappa shape index (κ1) is 12.3. The fourth-order valence-electron chi connectivity index (χ4n) is 1.36. The summed E-state index contributed by atoms with van der Waals surface area (Å²) in [5.74, 6) is -1.18. The van der Waals surface area contributed by atoms with Gasteiger partial charge in [0, 0.05) is 11.1 Å². The zero-order chi connectivity index (χ0) is 12.4. The van der Waals surface area contributed by atoms with Crippen molar-refractivity contribution in [3.63, 3.8) is 0 Å². The van der Waals surface area contributed by atoms with Crippen LogP contribution in [0.2, 0.25) is 4.47 Å². The average molecular weight is 275 g/mol. The SMILES string of the molecule is Cc1ccc(F)c(NCc2cnc(Cl)s2)c1F. The van der Waals surface area contributed by atoms with E-state index in [-0.39, 0.29) is 5.69 Å². The number of hydrogen-bond donors (Lipinski definition) is 1. The molecule has 0 radical (unpaired) electrons. The number of nitrogens with zero attached hydrogens (tertiary/aromatic N) is 1. The first-order valence-corrected chi connectivity index (χ1v) is 6.06. The quantitative estimate of drug-likeness (QED) is 0.915. The molecule has 0 fully saturated rings. The Morgan fingerprint density at radius 1 is 1.41 bits per heavy atom. The Kier molecular flexibility index (Phi) is 3.59. The molecule has 2 aromatic rings. The van der Waals surface area contributed by atoms with Crippen molar-refractivity contribution in [2.75, 3.05) is 5.32 Å². The van der Waals surface area contributed by atoms with Crippen LogP contribution in [0.4, 0.5) is 14.5 Å². The molecule has 0 bridgehead atoms. The van der Waals surface area contributed by atoms with Crippen LogP contribution in [0.5, 0.6) is 0 Å². The highest BCUT2D eigenvalue weighted by atomic mass is 35.5. The third-order valence-electron chi connectivity index (χ3n) is 2.25. The molecular weight excluding hydrogens is 266 g/mol. The fourth-order valence-corrected chi connectivity index (χ4v) is 2.28. The molecular formula is C11H9ClF2N2S. The van der Waals surface area contributed by atoms with E-state index >= 15 is 0 Å². The molecule has 1 heterocycles. The Balaban J connectivity index is 2.16. The van der Waals surface area contributed by atoms with E-state index in [9.17, 15) is 8.78 Å². The minimum Gasteiger partial charge on any atom is -0.375 e. The van der Waals surface area contributed by atoms with Gasteiger partial charge in [-0.1, -0.05) is 17.7 Å². The zero-order valence-electron chi connectivity index (χ0n) is 8.93. The standard InChI is InChI=1S/C11H9ClF2N2S/c1-6-2-3-8(13)10(9(6)14)15-4-7-5-16-11(12)17-7/h2-3,5,15H,4H2,1H3. The van der Waals surface area contributed by atoms with Gasteiger partial charge in [-0.15, -0.1) is 11.3 Å². The third kappa shape index (κ3) is 2.73. The Bertz CT molecular complexity index is 542. The second-order valence-corrected chi connectivity index (χ2v) is 5.18. The van der Waals surface area contributed by atoms with E-state index in [0.717, 1.165) is 4.88 Å². The molecule has 1 aromatic carbocycles. The smallest absolute Gasteiger partial charge is 0.183 e.